The minimum absolute atomic E-state index is 0.0134. The quantitative estimate of drug-likeness (QED) is 0.914. The number of amides is 1. The summed E-state index contributed by atoms with van der Waals surface area (Å²) in [6, 6.07) is 10.0. The zero-order valence-electron chi connectivity index (χ0n) is 15.1. The molecular formula is C19H30N2O2. The normalized spacial score (nSPS) is 20.0. The second-order valence-corrected chi connectivity index (χ2v) is 7.78. The van der Waals surface area contributed by atoms with Crippen molar-refractivity contribution >= 4 is 6.09 Å². The maximum atomic E-state index is 12.6. The number of carbonyl (C=O) groups is 1. The maximum absolute atomic E-state index is 12.6. The Morgan fingerprint density at radius 3 is 2.26 bits per heavy atom. The number of carbonyl (C=O) groups excluding carboxylic acids is 1. The van der Waals surface area contributed by atoms with Crippen molar-refractivity contribution in [1.82, 2.24) is 10.2 Å². The van der Waals surface area contributed by atoms with Crippen molar-refractivity contribution in [3.8, 4) is 0 Å². The molecule has 23 heavy (non-hydrogen) atoms. The van der Waals surface area contributed by atoms with Crippen LogP contribution in [0.5, 0.6) is 0 Å². The van der Waals surface area contributed by atoms with Gasteiger partial charge in [-0.15, -0.1) is 0 Å². The highest BCUT2D eigenvalue weighted by Gasteiger charge is 2.41. The van der Waals surface area contributed by atoms with E-state index >= 15 is 0 Å². The zero-order valence-corrected chi connectivity index (χ0v) is 15.1. The van der Waals surface area contributed by atoms with Crippen molar-refractivity contribution < 1.29 is 9.53 Å². The monoisotopic (exact) mass is 318 g/mol. The van der Waals surface area contributed by atoms with E-state index in [4.69, 9.17) is 4.74 Å². The highest BCUT2D eigenvalue weighted by molar-refractivity contribution is 5.68. The minimum atomic E-state index is -0.213. The summed E-state index contributed by atoms with van der Waals surface area (Å²) in [6.45, 7) is 11.8. The van der Waals surface area contributed by atoms with Crippen LogP contribution in [0.15, 0.2) is 30.3 Å². The van der Waals surface area contributed by atoms with E-state index in [1.807, 2.05) is 42.2 Å². The summed E-state index contributed by atoms with van der Waals surface area (Å²) in [7, 11) is 0. The number of hydrogen-bond donors (Lipinski definition) is 1. The SMILES string of the molecule is CCN(C(=O)OCc1ccccc1)C1CC(C)(C)NC(C)(C)C1. The van der Waals surface area contributed by atoms with E-state index in [1.165, 1.54) is 0 Å². The van der Waals surface area contributed by atoms with Crippen molar-refractivity contribution in [2.45, 2.75) is 71.2 Å². The van der Waals surface area contributed by atoms with Gasteiger partial charge in [0.1, 0.15) is 6.61 Å². The van der Waals surface area contributed by atoms with Crippen molar-refractivity contribution in [3.05, 3.63) is 35.9 Å². The molecule has 0 bridgehead atoms. The molecule has 1 saturated heterocycles. The van der Waals surface area contributed by atoms with E-state index in [0.717, 1.165) is 18.4 Å². The van der Waals surface area contributed by atoms with Gasteiger partial charge in [-0.1, -0.05) is 30.3 Å². The molecule has 0 aromatic heterocycles. The molecule has 1 fully saturated rings. The van der Waals surface area contributed by atoms with Gasteiger partial charge >= 0.3 is 6.09 Å². The molecule has 0 atom stereocenters. The third-order valence-corrected chi connectivity index (χ3v) is 4.39. The van der Waals surface area contributed by atoms with Gasteiger partial charge in [0.25, 0.3) is 0 Å². The van der Waals surface area contributed by atoms with Crippen LogP contribution in [0.3, 0.4) is 0 Å². The molecule has 128 valence electrons. The van der Waals surface area contributed by atoms with Crippen LogP contribution in [-0.2, 0) is 11.3 Å². The molecule has 2 rings (SSSR count). The second-order valence-electron chi connectivity index (χ2n) is 7.78. The summed E-state index contributed by atoms with van der Waals surface area (Å²) < 4.78 is 5.54. The van der Waals surface area contributed by atoms with Crippen molar-refractivity contribution in [2.24, 2.45) is 0 Å². The molecule has 1 heterocycles. The predicted molar refractivity (Wildman–Crippen MR) is 93.3 cm³/mol. The van der Waals surface area contributed by atoms with Crippen LogP contribution in [0.1, 0.15) is 53.0 Å². The third-order valence-electron chi connectivity index (χ3n) is 4.39. The Kier molecular flexibility index (Phi) is 5.35. The molecule has 1 N–H and O–H groups in total. The van der Waals surface area contributed by atoms with Crippen molar-refractivity contribution in [3.63, 3.8) is 0 Å². The molecule has 0 radical (unpaired) electrons. The van der Waals surface area contributed by atoms with Gasteiger partial charge in [-0.3, -0.25) is 0 Å². The number of ether oxygens (including phenoxy) is 1. The lowest BCUT2D eigenvalue weighted by Crippen LogP contribution is -2.62. The number of benzene rings is 1. The Bertz CT molecular complexity index is 509. The molecule has 1 aliphatic rings. The van der Waals surface area contributed by atoms with E-state index in [-0.39, 0.29) is 23.2 Å². The minimum Gasteiger partial charge on any atom is -0.445 e. The zero-order chi connectivity index (χ0) is 17.1. The van der Waals surface area contributed by atoms with Gasteiger partial charge in [0.2, 0.25) is 0 Å². The molecular weight excluding hydrogens is 288 g/mol. The van der Waals surface area contributed by atoms with Crippen LogP contribution in [-0.4, -0.2) is 34.7 Å². The van der Waals surface area contributed by atoms with Gasteiger partial charge in [0.15, 0.2) is 0 Å². The fourth-order valence-electron chi connectivity index (χ4n) is 3.83. The van der Waals surface area contributed by atoms with Crippen LogP contribution < -0.4 is 5.32 Å². The first-order chi connectivity index (χ1) is 10.7. The largest absolute Gasteiger partial charge is 0.445 e. The molecule has 1 amide bonds. The Labute approximate surface area is 140 Å². The van der Waals surface area contributed by atoms with Crippen LogP contribution in [0.2, 0.25) is 0 Å². The lowest BCUT2D eigenvalue weighted by Gasteiger charge is -2.49. The van der Waals surface area contributed by atoms with Gasteiger partial charge in [-0.2, -0.15) is 0 Å². The van der Waals surface area contributed by atoms with Crippen LogP contribution >= 0.6 is 0 Å². The van der Waals surface area contributed by atoms with Gasteiger partial charge in [0, 0.05) is 23.7 Å². The summed E-state index contributed by atoms with van der Waals surface area (Å²) in [5.74, 6) is 0. The first-order valence-corrected chi connectivity index (χ1v) is 8.49. The number of piperidine rings is 1. The van der Waals surface area contributed by atoms with E-state index < -0.39 is 0 Å². The summed E-state index contributed by atoms with van der Waals surface area (Å²) in [4.78, 5) is 14.4. The summed E-state index contributed by atoms with van der Waals surface area (Å²) in [5.41, 5.74) is 1.04. The fourth-order valence-corrected chi connectivity index (χ4v) is 3.83. The number of nitrogens with one attached hydrogen (secondary N) is 1. The summed E-state index contributed by atoms with van der Waals surface area (Å²) >= 11 is 0. The first kappa shape index (κ1) is 17.8. The second kappa shape index (κ2) is 6.91. The van der Waals surface area contributed by atoms with Crippen molar-refractivity contribution in [2.75, 3.05) is 6.54 Å². The molecule has 4 nitrogen and oxygen atoms in total. The average Bonchev–Trinajstić information content (AvgIpc) is 2.43. The standard InChI is InChI=1S/C19H30N2O2/c1-6-21(16-12-18(2,3)20-19(4,5)13-16)17(22)23-14-15-10-8-7-9-11-15/h7-11,16,20H,6,12-14H2,1-5H3. The molecule has 0 aliphatic carbocycles. The number of rotatable bonds is 4. The third kappa shape index (κ3) is 4.96. The van der Waals surface area contributed by atoms with Gasteiger partial charge in [0.05, 0.1) is 0 Å². The highest BCUT2D eigenvalue weighted by atomic mass is 16.6. The van der Waals surface area contributed by atoms with Crippen molar-refractivity contribution in [1.29, 1.82) is 0 Å². The van der Waals surface area contributed by atoms with Crippen LogP contribution in [0.25, 0.3) is 0 Å². The van der Waals surface area contributed by atoms with E-state index in [0.29, 0.717) is 13.2 Å². The first-order valence-electron chi connectivity index (χ1n) is 8.49. The topological polar surface area (TPSA) is 41.6 Å². The van der Waals surface area contributed by atoms with Gasteiger partial charge < -0.3 is 15.0 Å². The Balaban J connectivity index is 2.01. The van der Waals surface area contributed by atoms with Crippen LogP contribution in [0, 0.1) is 0 Å². The predicted octanol–water partition coefficient (Wildman–Crippen LogP) is 3.95. The van der Waals surface area contributed by atoms with E-state index in [1.54, 1.807) is 0 Å². The molecule has 4 heteroatoms. The summed E-state index contributed by atoms with van der Waals surface area (Å²) in [5, 5.41) is 3.66. The Morgan fingerprint density at radius 2 is 1.74 bits per heavy atom. The lowest BCUT2D eigenvalue weighted by atomic mass is 9.79. The molecule has 0 saturated carbocycles. The maximum Gasteiger partial charge on any atom is 0.410 e. The lowest BCUT2D eigenvalue weighted by molar-refractivity contribution is 0.0442. The van der Waals surface area contributed by atoms with E-state index in [2.05, 4.69) is 33.0 Å². The smallest absolute Gasteiger partial charge is 0.410 e. The molecule has 1 aliphatic heterocycles. The Hall–Kier alpha value is -1.55. The Morgan fingerprint density at radius 1 is 1.17 bits per heavy atom. The molecule has 0 unspecified atom stereocenters. The van der Waals surface area contributed by atoms with Gasteiger partial charge in [-0.25, -0.2) is 4.79 Å². The summed E-state index contributed by atoms with van der Waals surface area (Å²) in [6.07, 6.45) is 1.66. The fraction of sp³-hybridized carbons (Fsp3) is 0.632. The highest BCUT2D eigenvalue weighted by Crippen LogP contribution is 2.31. The molecule has 0 spiro atoms. The number of hydrogen-bond acceptors (Lipinski definition) is 3. The average molecular weight is 318 g/mol. The van der Waals surface area contributed by atoms with Gasteiger partial charge in [-0.05, 0) is 53.0 Å². The number of nitrogens with zero attached hydrogens (tertiary/aromatic N) is 1. The van der Waals surface area contributed by atoms with Crippen LogP contribution in [0.4, 0.5) is 4.79 Å². The molecule has 1 aromatic carbocycles. The van der Waals surface area contributed by atoms with E-state index in [9.17, 15) is 4.79 Å². The molecule has 1 aromatic rings.